The van der Waals surface area contributed by atoms with E-state index in [1.165, 1.54) is 0 Å². The predicted molar refractivity (Wildman–Crippen MR) is 168 cm³/mol. The minimum absolute atomic E-state index is 0.130. The molecule has 4 aromatic rings. The number of benzene rings is 4. The van der Waals surface area contributed by atoms with Gasteiger partial charge in [-0.2, -0.15) is 0 Å². The molecule has 0 saturated carbocycles. The lowest BCUT2D eigenvalue weighted by atomic mass is 9.87. The lowest BCUT2D eigenvalue weighted by Gasteiger charge is -2.33. The number of hydrogen-bond donors (Lipinski definition) is 1. The number of hydrogen-bond acceptors (Lipinski definition) is 2. The normalized spacial score (nSPS) is 11.9. The van der Waals surface area contributed by atoms with Gasteiger partial charge < -0.3 is 10.2 Å². The monoisotopic (exact) mass is 586 g/mol. The number of rotatable bonds is 12. The summed E-state index contributed by atoms with van der Waals surface area (Å²) in [4.78, 5) is 29.9. The van der Waals surface area contributed by atoms with E-state index in [1.807, 2.05) is 111 Å². The number of halogens is 2. The van der Waals surface area contributed by atoms with Crippen LogP contribution in [0, 0.1) is 5.92 Å². The van der Waals surface area contributed by atoms with Crippen LogP contribution in [0.1, 0.15) is 48.4 Å². The van der Waals surface area contributed by atoms with Crippen molar-refractivity contribution in [1.29, 1.82) is 0 Å². The van der Waals surface area contributed by atoms with E-state index >= 15 is 0 Å². The van der Waals surface area contributed by atoms with E-state index in [-0.39, 0.29) is 36.6 Å². The largest absolute Gasteiger partial charge is 0.354 e. The Morgan fingerprint density at radius 1 is 0.780 bits per heavy atom. The molecule has 41 heavy (non-hydrogen) atoms. The van der Waals surface area contributed by atoms with E-state index in [1.54, 1.807) is 17.0 Å². The van der Waals surface area contributed by atoms with E-state index in [2.05, 4.69) is 5.32 Å². The number of nitrogens with one attached hydrogen (secondary N) is 1. The fraction of sp³-hybridized carbons (Fsp3) is 0.257. The minimum Gasteiger partial charge on any atom is -0.354 e. The van der Waals surface area contributed by atoms with Gasteiger partial charge in [0.15, 0.2) is 0 Å². The highest BCUT2D eigenvalue weighted by Crippen LogP contribution is 2.31. The van der Waals surface area contributed by atoms with Gasteiger partial charge in [0.2, 0.25) is 11.8 Å². The first-order chi connectivity index (χ1) is 19.8. The number of nitrogens with zero attached hydrogens (tertiary/aromatic N) is 1. The molecule has 4 aromatic carbocycles. The average molecular weight is 588 g/mol. The zero-order valence-electron chi connectivity index (χ0n) is 23.5. The molecule has 0 aliphatic heterocycles. The van der Waals surface area contributed by atoms with Gasteiger partial charge in [-0.1, -0.05) is 134 Å². The van der Waals surface area contributed by atoms with E-state index in [9.17, 15) is 9.59 Å². The molecule has 1 atom stereocenters. The summed E-state index contributed by atoms with van der Waals surface area (Å²) < 4.78 is 0. The Morgan fingerprint density at radius 3 is 1.88 bits per heavy atom. The highest BCUT2D eigenvalue weighted by molar-refractivity contribution is 6.35. The van der Waals surface area contributed by atoms with Gasteiger partial charge in [-0.25, -0.2) is 0 Å². The molecule has 0 unspecified atom stereocenters. The van der Waals surface area contributed by atoms with E-state index in [0.717, 1.165) is 22.3 Å². The van der Waals surface area contributed by atoms with Crippen LogP contribution in [-0.4, -0.2) is 29.3 Å². The number of carbonyl (C=O) groups excluding carboxylic acids is 2. The molecule has 0 aromatic heterocycles. The van der Waals surface area contributed by atoms with Gasteiger partial charge in [0.25, 0.3) is 0 Å². The minimum atomic E-state index is -0.734. The second-order valence-electron chi connectivity index (χ2n) is 10.7. The molecular weight excluding hydrogens is 551 g/mol. The highest BCUT2D eigenvalue weighted by Gasteiger charge is 2.32. The van der Waals surface area contributed by atoms with Gasteiger partial charge in [0, 0.05) is 41.9 Å². The van der Waals surface area contributed by atoms with Crippen molar-refractivity contribution in [3.05, 3.63) is 141 Å². The van der Waals surface area contributed by atoms with Crippen molar-refractivity contribution < 1.29 is 9.59 Å². The summed E-state index contributed by atoms with van der Waals surface area (Å²) in [5, 5.41) is 4.05. The molecule has 4 nitrogen and oxygen atoms in total. The summed E-state index contributed by atoms with van der Waals surface area (Å²) in [6.07, 6.45) is 0.574. The number of amides is 2. The van der Waals surface area contributed by atoms with Crippen LogP contribution in [0.25, 0.3) is 0 Å². The Hall–Kier alpha value is -3.60. The molecular formula is C35H36Cl2N2O2. The van der Waals surface area contributed by atoms with E-state index < -0.39 is 6.04 Å². The van der Waals surface area contributed by atoms with Crippen molar-refractivity contribution in [2.24, 2.45) is 5.92 Å². The molecule has 2 amide bonds. The maximum Gasteiger partial charge on any atom is 0.243 e. The second-order valence-corrected chi connectivity index (χ2v) is 11.5. The van der Waals surface area contributed by atoms with Crippen LogP contribution >= 0.6 is 23.2 Å². The third kappa shape index (κ3) is 8.69. The standard InChI is InChI=1S/C35H36Cl2N2O2/c1-25(2)23-38-35(41)33(20-26-12-6-3-7-13-26)39(24-29-18-19-30(36)21-32(29)37)34(40)22-31(27-14-8-4-9-15-27)28-16-10-5-11-17-28/h3-19,21,25,31,33H,20,22-24H2,1-2H3,(H,38,41)/t33-/m1/s1. The van der Waals surface area contributed by atoms with Crippen LogP contribution < -0.4 is 5.32 Å². The summed E-state index contributed by atoms with van der Waals surface area (Å²) in [5.74, 6) is -0.220. The predicted octanol–water partition coefficient (Wildman–Crippen LogP) is 7.93. The van der Waals surface area contributed by atoms with Crippen molar-refractivity contribution >= 4 is 35.0 Å². The first kappa shape index (κ1) is 30.4. The number of carbonyl (C=O) groups is 2. The van der Waals surface area contributed by atoms with Crippen molar-refractivity contribution in [2.45, 2.75) is 45.2 Å². The smallest absolute Gasteiger partial charge is 0.243 e. The molecule has 0 saturated heterocycles. The van der Waals surface area contributed by atoms with Gasteiger partial charge in [0.1, 0.15) is 6.04 Å². The van der Waals surface area contributed by atoms with E-state index in [4.69, 9.17) is 23.2 Å². The van der Waals surface area contributed by atoms with Crippen LogP contribution in [0.3, 0.4) is 0 Å². The van der Waals surface area contributed by atoms with Crippen LogP contribution in [-0.2, 0) is 22.6 Å². The lowest BCUT2D eigenvalue weighted by Crippen LogP contribution is -2.51. The van der Waals surface area contributed by atoms with Gasteiger partial charge in [-0.3, -0.25) is 9.59 Å². The first-order valence-electron chi connectivity index (χ1n) is 14.0. The van der Waals surface area contributed by atoms with Gasteiger partial charge in [0.05, 0.1) is 0 Å². The van der Waals surface area contributed by atoms with Crippen molar-refractivity contribution in [3.63, 3.8) is 0 Å². The van der Waals surface area contributed by atoms with Gasteiger partial charge in [-0.05, 0) is 40.3 Å². The zero-order valence-corrected chi connectivity index (χ0v) is 25.0. The highest BCUT2D eigenvalue weighted by atomic mass is 35.5. The first-order valence-corrected chi connectivity index (χ1v) is 14.7. The molecule has 0 aliphatic carbocycles. The summed E-state index contributed by atoms with van der Waals surface area (Å²) in [6.45, 7) is 4.79. The molecule has 4 rings (SSSR count). The average Bonchev–Trinajstić information content (AvgIpc) is 2.98. The third-order valence-corrected chi connectivity index (χ3v) is 7.68. The van der Waals surface area contributed by atoms with Crippen molar-refractivity contribution in [1.82, 2.24) is 10.2 Å². The Kier molecular flexibility index (Phi) is 11.0. The summed E-state index contributed by atoms with van der Waals surface area (Å²) in [6, 6.07) is 34.4. The van der Waals surface area contributed by atoms with Gasteiger partial charge >= 0.3 is 0 Å². The van der Waals surface area contributed by atoms with Gasteiger partial charge in [-0.15, -0.1) is 0 Å². The molecule has 0 fully saturated rings. The Bertz CT molecular complexity index is 1370. The molecule has 212 valence electrons. The summed E-state index contributed by atoms with van der Waals surface area (Å²) >= 11 is 12.8. The zero-order chi connectivity index (χ0) is 29.2. The third-order valence-electron chi connectivity index (χ3n) is 7.09. The molecule has 0 aliphatic rings. The van der Waals surface area contributed by atoms with Crippen molar-refractivity contribution in [3.8, 4) is 0 Å². The maximum absolute atomic E-state index is 14.4. The van der Waals surface area contributed by atoms with Crippen LogP contribution in [0.5, 0.6) is 0 Å². The fourth-order valence-corrected chi connectivity index (χ4v) is 5.37. The fourth-order valence-electron chi connectivity index (χ4n) is 4.90. The lowest BCUT2D eigenvalue weighted by molar-refractivity contribution is -0.141. The Labute approximate surface area is 253 Å². The molecule has 0 radical (unpaired) electrons. The molecule has 0 bridgehead atoms. The quantitative estimate of drug-likeness (QED) is 0.183. The molecule has 0 heterocycles. The summed E-state index contributed by atoms with van der Waals surface area (Å²) in [5.41, 5.74) is 3.79. The van der Waals surface area contributed by atoms with Crippen LogP contribution in [0.15, 0.2) is 109 Å². The second kappa shape index (κ2) is 14.9. The molecule has 0 spiro atoms. The topological polar surface area (TPSA) is 49.4 Å². The summed E-state index contributed by atoms with van der Waals surface area (Å²) in [7, 11) is 0. The molecule has 6 heteroatoms. The Morgan fingerprint density at radius 2 is 1.34 bits per heavy atom. The van der Waals surface area contributed by atoms with Crippen LogP contribution in [0.2, 0.25) is 10.0 Å². The SMILES string of the molecule is CC(C)CNC(=O)[C@@H](Cc1ccccc1)N(Cc1ccc(Cl)cc1Cl)C(=O)CC(c1ccccc1)c1ccccc1. The Balaban J connectivity index is 1.75. The van der Waals surface area contributed by atoms with E-state index in [0.29, 0.717) is 23.0 Å². The maximum atomic E-state index is 14.4. The van der Waals surface area contributed by atoms with Crippen LogP contribution in [0.4, 0.5) is 0 Å². The van der Waals surface area contributed by atoms with Crippen molar-refractivity contribution in [2.75, 3.05) is 6.54 Å². The molecule has 1 N–H and O–H groups in total.